The van der Waals surface area contributed by atoms with Crippen molar-refractivity contribution < 1.29 is 43.8 Å². The molecule has 0 aliphatic rings. The molecule has 0 aromatic heterocycles. The van der Waals surface area contributed by atoms with Gasteiger partial charge in [0.2, 0.25) is 35.4 Å². The Morgan fingerprint density at radius 1 is 0.667 bits per heavy atom. The lowest BCUT2D eigenvalue weighted by Crippen LogP contribution is -2.61. The van der Waals surface area contributed by atoms with Gasteiger partial charge in [0.05, 0.1) is 24.3 Å². The zero-order valence-corrected chi connectivity index (χ0v) is 26.3. The van der Waals surface area contributed by atoms with Crippen LogP contribution in [0.2, 0.25) is 0 Å². The number of rotatable bonds is 19. The fourth-order valence-electron chi connectivity index (χ4n) is 3.54. The average Bonchev–Trinajstić information content (AvgIpc) is 2.94. The van der Waals surface area contributed by atoms with Crippen molar-refractivity contribution in [2.45, 2.75) is 109 Å². The maximum atomic E-state index is 13.0. The topological polar surface area (TPSA) is 323 Å². The molecule has 0 aliphatic heterocycles. The van der Waals surface area contributed by atoms with Gasteiger partial charge in [-0.1, -0.05) is 0 Å². The summed E-state index contributed by atoms with van der Waals surface area (Å²) in [5.74, 6) is -5.09. The smallest absolute Gasteiger partial charge is 0.245 e. The van der Waals surface area contributed by atoms with E-state index in [9.17, 15) is 43.8 Å². The predicted octanol–water partition coefficient (Wildman–Crippen LogP) is -5.68. The minimum absolute atomic E-state index is 0.0572. The van der Waals surface area contributed by atoms with Crippen molar-refractivity contribution in [1.82, 2.24) is 31.9 Å². The molecule has 0 aromatic carbocycles. The van der Waals surface area contributed by atoms with E-state index in [1.165, 1.54) is 41.5 Å². The van der Waals surface area contributed by atoms with Crippen LogP contribution in [-0.4, -0.2) is 119 Å². The lowest BCUT2D eigenvalue weighted by Gasteiger charge is -2.27. The third kappa shape index (κ3) is 15.3. The molecule has 14 N–H and O–H groups in total. The van der Waals surface area contributed by atoms with Crippen molar-refractivity contribution in [3.05, 3.63) is 0 Å². The first-order valence-electron chi connectivity index (χ1n) is 14.3. The van der Waals surface area contributed by atoms with E-state index >= 15 is 0 Å². The van der Waals surface area contributed by atoms with Gasteiger partial charge in [-0.2, -0.15) is 0 Å². The normalized spacial score (nSPS) is 16.8. The number of nitrogens with zero attached hydrogens (tertiary/aromatic N) is 1. The van der Waals surface area contributed by atoms with Crippen molar-refractivity contribution in [3.63, 3.8) is 0 Å². The van der Waals surface area contributed by atoms with Crippen molar-refractivity contribution in [2.75, 3.05) is 6.54 Å². The molecule has 0 heterocycles. The summed E-state index contributed by atoms with van der Waals surface area (Å²) in [6.45, 7) is 7.99. The Morgan fingerprint density at radius 3 is 1.56 bits per heavy atom. The van der Waals surface area contributed by atoms with Gasteiger partial charge in [0.15, 0.2) is 5.96 Å². The number of amides is 6. The second-order valence-electron chi connectivity index (χ2n) is 10.6. The van der Waals surface area contributed by atoms with Gasteiger partial charge in [-0.05, 0) is 54.4 Å². The highest BCUT2D eigenvalue weighted by molar-refractivity contribution is 5.96. The monoisotopic (exact) mass is 644 g/mol. The highest BCUT2D eigenvalue weighted by atomic mass is 16.3. The zero-order chi connectivity index (χ0) is 35.0. The molecule has 19 heteroatoms. The molecule has 0 saturated heterocycles. The van der Waals surface area contributed by atoms with Crippen LogP contribution in [0, 0.1) is 0 Å². The summed E-state index contributed by atoms with van der Waals surface area (Å²) in [5.41, 5.74) is 16.2. The van der Waals surface area contributed by atoms with Crippen molar-refractivity contribution in [2.24, 2.45) is 22.2 Å². The molecule has 256 valence electrons. The van der Waals surface area contributed by atoms with E-state index in [4.69, 9.17) is 17.2 Å². The highest BCUT2D eigenvalue weighted by Gasteiger charge is 2.33. The summed E-state index contributed by atoms with van der Waals surface area (Å²) < 4.78 is 0. The molecule has 0 unspecified atom stereocenters. The molecule has 0 radical (unpaired) electrons. The van der Waals surface area contributed by atoms with E-state index in [0.717, 1.165) is 0 Å². The number of carbonyl (C=O) groups excluding carboxylic acids is 7. The Bertz CT molecular complexity index is 1080. The summed E-state index contributed by atoms with van der Waals surface area (Å²) in [4.78, 5) is 90.4. The first kappa shape index (κ1) is 40.6. The number of aliphatic hydroxyl groups excluding tert-OH is 2. The molecular formula is C26H48N10O9. The molecule has 0 aliphatic carbocycles. The molecule has 0 saturated carbocycles. The predicted molar refractivity (Wildman–Crippen MR) is 162 cm³/mol. The van der Waals surface area contributed by atoms with Crippen molar-refractivity contribution >= 4 is 47.7 Å². The Balaban J connectivity index is 5.41. The number of nitrogens with one attached hydrogen (secondary N) is 6. The highest BCUT2D eigenvalue weighted by Crippen LogP contribution is 2.03. The van der Waals surface area contributed by atoms with Crippen LogP contribution in [0.15, 0.2) is 4.99 Å². The van der Waals surface area contributed by atoms with Gasteiger partial charge in [0, 0.05) is 6.54 Å². The lowest BCUT2D eigenvalue weighted by molar-refractivity contribution is -0.136. The van der Waals surface area contributed by atoms with Gasteiger partial charge in [0.25, 0.3) is 0 Å². The van der Waals surface area contributed by atoms with Crippen LogP contribution >= 0.6 is 0 Å². The van der Waals surface area contributed by atoms with Crippen LogP contribution in [0.25, 0.3) is 0 Å². The van der Waals surface area contributed by atoms with E-state index in [1.54, 1.807) is 0 Å². The summed E-state index contributed by atoms with van der Waals surface area (Å²) in [5, 5.41) is 34.2. The molecule has 0 bridgehead atoms. The number of aliphatic imine (C=N–C) groups is 1. The number of aliphatic hydroxyl groups is 2. The van der Waals surface area contributed by atoms with Gasteiger partial charge in [-0.3, -0.25) is 33.8 Å². The molecule has 0 aromatic rings. The molecule has 19 nitrogen and oxygen atoms in total. The van der Waals surface area contributed by atoms with Crippen LogP contribution in [0.4, 0.5) is 0 Å². The minimum atomic E-state index is -1.56. The summed E-state index contributed by atoms with van der Waals surface area (Å²) in [7, 11) is 0. The molecule has 45 heavy (non-hydrogen) atoms. The second-order valence-corrected chi connectivity index (χ2v) is 10.6. The SMILES string of the molecule is C[C@H](N)C(=O)N[C@@H](CCCN=C(N)N)C(=O)N[C@H](C(=O)N[C@@H](C)C(=O)N[C@@H](C)C(=O)N[C@H](C(=O)N[C@@H](C)C=O)[C@@H](C)O)[C@@H](C)O. The quantitative estimate of drug-likeness (QED) is 0.0271. The first-order valence-corrected chi connectivity index (χ1v) is 14.3. The number of hydrogen-bond donors (Lipinski definition) is 11. The number of carbonyl (C=O) groups is 7. The van der Waals surface area contributed by atoms with Gasteiger partial charge in [0.1, 0.15) is 36.5 Å². The van der Waals surface area contributed by atoms with Crippen LogP contribution in [0.1, 0.15) is 54.4 Å². The number of nitrogens with two attached hydrogens (primary N) is 3. The molecular weight excluding hydrogens is 596 g/mol. The maximum absolute atomic E-state index is 13.0. The van der Waals surface area contributed by atoms with E-state index in [0.29, 0.717) is 6.29 Å². The summed E-state index contributed by atoms with van der Waals surface area (Å²) in [6, 6.07) is -8.49. The van der Waals surface area contributed by atoms with Crippen molar-refractivity contribution in [3.8, 4) is 0 Å². The van der Waals surface area contributed by atoms with Crippen LogP contribution < -0.4 is 49.1 Å². The largest absolute Gasteiger partial charge is 0.391 e. The van der Waals surface area contributed by atoms with Gasteiger partial charge in [-0.15, -0.1) is 0 Å². The lowest BCUT2D eigenvalue weighted by atomic mass is 10.1. The maximum Gasteiger partial charge on any atom is 0.245 e. The number of aldehydes is 1. The average molecular weight is 645 g/mol. The first-order chi connectivity index (χ1) is 20.8. The Kier molecular flexibility index (Phi) is 17.9. The zero-order valence-electron chi connectivity index (χ0n) is 26.3. The van der Waals surface area contributed by atoms with E-state index in [2.05, 4.69) is 36.9 Å². The van der Waals surface area contributed by atoms with Gasteiger partial charge in [-0.25, -0.2) is 0 Å². The Labute approximate surface area is 261 Å². The van der Waals surface area contributed by atoms with Crippen LogP contribution in [0.3, 0.4) is 0 Å². The second kappa shape index (κ2) is 19.8. The third-order valence-electron chi connectivity index (χ3n) is 6.20. The number of guanidine groups is 1. The summed E-state index contributed by atoms with van der Waals surface area (Å²) in [6.07, 6.45) is -2.00. The Hall–Kier alpha value is -4.36. The molecule has 6 amide bonds. The van der Waals surface area contributed by atoms with E-state index in [1.807, 2.05) is 0 Å². The standard InChI is InChI=1S/C26H48N10O9/c1-11(10-37)31-24(44)18(15(5)38)35-22(42)14(4)32-21(41)13(3)33-25(45)19(16(6)39)36-23(43)17(34-20(40)12(2)27)8-7-9-30-26(28)29/h10-19,38-39H,7-9,27H2,1-6H3,(H,31,44)(H,32,41)(H,33,45)(H,34,40)(H,35,42)(H,36,43)(H4,28,29,30)/t11-,12-,13-,14-,15+,16+,17-,18-,19-/m0/s1. The van der Waals surface area contributed by atoms with Gasteiger partial charge >= 0.3 is 0 Å². The molecule has 9 atom stereocenters. The minimum Gasteiger partial charge on any atom is -0.391 e. The van der Waals surface area contributed by atoms with Crippen LogP contribution in [0.5, 0.6) is 0 Å². The molecule has 0 rings (SSSR count). The molecule has 0 spiro atoms. The third-order valence-corrected chi connectivity index (χ3v) is 6.20. The molecule has 0 fully saturated rings. The Morgan fingerprint density at radius 2 is 1.11 bits per heavy atom. The fraction of sp³-hybridized carbons (Fsp3) is 0.692. The van der Waals surface area contributed by atoms with Crippen LogP contribution in [-0.2, 0) is 33.6 Å². The van der Waals surface area contributed by atoms with E-state index in [-0.39, 0.29) is 25.3 Å². The van der Waals surface area contributed by atoms with Crippen molar-refractivity contribution in [1.29, 1.82) is 0 Å². The van der Waals surface area contributed by atoms with E-state index < -0.39 is 89.9 Å². The summed E-state index contributed by atoms with van der Waals surface area (Å²) >= 11 is 0. The number of hydrogen-bond acceptors (Lipinski definition) is 11. The fourth-order valence-corrected chi connectivity index (χ4v) is 3.54. The van der Waals surface area contributed by atoms with Gasteiger partial charge < -0.3 is 64.1 Å².